The Morgan fingerprint density at radius 2 is 1.86 bits per heavy atom. The van der Waals surface area contributed by atoms with Crippen molar-refractivity contribution in [3.8, 4) is 0 Å². The lowest BCUT2D eigenvalue weighted by molar-refractivity contribution is 0.102. The summed E-state index contributed by atoms with van der Waals surface area (Å²) in [5.74, 6) is 0.258. The predicted octanol–water partition coefficient (Wildman–Crippen LogP) is 1.43. The Morgan fingerprint density at radius 1 is 1.14 bits per heavy atom. The summed E-state index contributed by atoms with van der Waals surface area (Å²) in [6.45, 7) is 0.332. The number of carbonyl (C=O) groups excluding carboxylic acids is 1. The first kappa shape index (κ1) is 16.1. The predicted molar refractivity (Wildman–Crippen MR) is 85.2 cm³/mol. The van der Waals surface area contributed by atoms with Crippen molar-refractivity contribution in [2.24, 2.45) is 0 Å². The summed E-state index contributed by atoms with van der Waals surface area (Å²) in [6.07, 6.45) is 3.29. The Balaban J connectivity index is 1.92. The molecule has 2 N–H and O–H groups in total. The van der Waals surface area contributed by atoms with Crippen molar-refractivity contribution < 1.29 is 13.2 Å². The Kier molecular flexibility index (Phi) is 5.24. The van der Waals surface area contributed by atoms with Crippen LogP contribution in [0.2, 0.25) is 0 Å². The summed E-state index contributed by atoms with van der Waals surface area (Å²) in [6, 6.07) is 12.3. The average molecular weight is 319 g/mol. The van der Waals surface area contributed by atoms with Crippen LogP contribution in [0, 0.1) is 0 Å². The molecule has 116 valence electrons. The van der Waals surface area contributed by atoms with E-state index in [-0.39, 0.29) is 5.91 Å². The summed E-state index contributed by atoms with van der Waals surface area (Å²) < 4.78 is 24.4. The summed E-state index contributed by atoms with van der Waals surface area (Å²) in [4.78, 5) is 16.1. The first-order chi connectivity index (χ1) is 10.4. The minimum absolute atomic E-state index is 0.237. The zero-order valence-corrected chi connectivity index (χ0v) is 12.9. The number of nitrogens with zero attached hydrogens (tertiary/aromatic N) is 1. The molecule has 0 aliphatic rings. The van der Waals surface area contributed by atoms with E-state index in [0.717, 1.165) is 11.8 Å². The lowest BCUT2D eigenvalue weighted by Gasteiger charge is -2.06. The smallest absolute Gasteiger partial charge is 0.256 e. The van der Waals surface area contributed by atoms with Gasteiger partial charge in [0.2, 0.25) is 10.0 Å². The van der Waals surface area contributed by atoms with Gasteiger partial charge in [-0.15, -0.1) is 0 Å². The number of nitrogens with one attached hydrogen (secondary N) is 2. The molecule has 0 aliphatic heterocycles. The second-order valence-electron chi connectivity index (χ2n) is 4.78. The van der Waals surface area contributed by atoms with Crippen LogP contribution in [0.15, 0.2) is 48.7 Å². The van der Waals surface area contributed by atoms with E-state index in [1.807, 2.05) is 0 Å². The number of aromatic nitrogens is 1. The summed E-state index contributed by atoms with van der Waals surface area (Å²) in [7, 11) is -3.17. The van der Waals surface area contributed by atoms with Gasteiger partial charge in [0, 0.05) is 18.3 Å². The van der Waals surface area contributed by atoms with Crippen molar-refractivity contribution in [2.75, 3.05) is 18.1 Å². The lowest BCUT2D eigenvalue weighted by atomic mass is 10.1. The second-order valence-corrected chi connectivity index (χ2v) is 6.62. The third kappa shape index (κ3) is 5.27. The van der Waals surface area contributed by atoms with Crippen LogP contribution in [-0.4, -0.2) is 32.1 Å². The van der Waals surface area contributed by atoms with E-state index in [9.17, 15) is 13.2 Å². The molecule has 0 radical (unpaired) electrons. The molecule has 2 rings (SSSR count). The van der Waals surface area contributed by atoms with Crippen molar-refractivity contribution in [3.63, 3.8) is 0 Å². The fourth-order valence-corrected chi connectivity index (χ4v) is 2.30. The minimum atomic E-state index is -3.17. The molecule has 1 aromatic heterocycles. The summed E-state index contributed by atoms with van der Waals surface area (Å²) in [5, 5.41) is 2.70. The van der Waals surface area contributed by atoms with E-state index in [2.05, 4.69) is 15.0 Å². The molecule has 6 nitrogen and oxygen atoms in total. The SMILES string of the molecule is CS(=O)(=O)NCCc1ccc(C(=O)Nc2ccccn2)cc1. The van der Waals surface area contributed by atoms with Crippen LogP contribution in [0.1, 0.15) is 15.9 Å². The Bertz CT molecular complexity index is 728. The molecule has 0 spiro atoms. The molecular weight excluding hydrogens is 302 g/mol. The van der Waals surface area contributed by atoms with Gasteiger partial charge in [-0.1, -0.05) is 18.2 Å². The zero-order chi connectivity index (χ0) is 16.0. The number of rotatable bonds is 6. The number of hydrogen-bond donors (Lipinski definition) is 2. The van der Waals surface area contributed by atoms with E-state index in [4.69, 9.17) is 0 Å². The molecule has 0 saturated heterocycles. The van der Waals surface area contributed by atoms with E-state index < -0.39 is 10.0 Å². The molecule has 1 aromatic carbocycles. The molecule has 0 saturated carbocycles. The molecule has 2 aromatic rings. The average Bonchev–Trinajstić information content (AvgIpc) is 2.47. The molecule has 0 atom stereocenters. The van der Waals surface area contributed by atoms with Crippen molar-refractivity contribution in [2.45, 2.75) is 6.42 Å². The first-order valence-corrected chi connectivity index (χ1v) is 8.59. The van der Waals surface area contributed by atoms with Gasteiger partial charge >= 0.3 is 0 Å². The molecular formula is C15H17N3O3S. The van der Waals surface area contributed by atoms with Crippen molar-refractivity contribution in [1.82, 2.24) is 9.71 Å². The number of benzene rings is 1. The maximum Gasteiger partial charge on any atom is 0.256 e. The number of sulfonamides is 1. The summed E-state index contributed by atoms with van der Waals surface area (Å²) in [5.41, 5.74) is 1.47. The third-order valence-electron chi connectivity index (χ3n) is 2.90. The molecule has 0 bridgehead atoms. The highest BCUT2D eigenvalue weighted by Gasteiger charge is 2.06. The quantitative estimate of drug-likeness (QED) is 0.843. The fourth-order valence-electron chi connectivity index (χ4n) is 1.83. The van der Waals surface area contributed by atoms with Crippen molar-refractivity contribution >= 4 is 21.7 Å². The number of hydrogen-bond acceptors (Lipinski definition) is 4. The number of amides is 1. The van der Waals surface area contributed by atoms with Crippen LogP contribution < -0.4 is 10.0 Å². The summed E-state index contributed by atoms with van der Waals surface area (Å²) >= 11 is 0. The van der Waals surface area contributed by atoms with Crippen LogP contribution in [-0.2, 0) is 16.4 Å². The van der Waals surface area contributed by atoms with E-state index in [1.54, 1.807) is 48.7 Å². The topological polar surface area (TPSA) is 88.2 Å². The van der Waals surface area contributed by atoms with Crippen molar-refractivity contribution in [3.05, 3.63) is 59.8 Å². The van der Waals surface area contributed by atoms with Gasteiger partial charge in [-0.2, -0.15) is 0 Å². The highest BCUT2D eigenvalue weighted by atomic mass is 32.2. The standard InChI is InChI=1S/C15H17N3O3S/c1-22(20,21)17-11-9-12-5-7-13(8-6-12)15(19)18-14-4-2-3-10-16-14/h2-8,10,17H,9,11H2,1H3,(H,16,18,19). The van der Waals surface area contributed by atoms with Gasteiger partial charge in [0.1, 0.15) is 5.82 Å². The van der Waals surface area contributed by atoms with E-state index in [0.29, 0.717) is 24.3 Å². The van der Waals surface area contributed by atoms with Gasteiger partial charge in [0.15, 0.2) is 0 Å². The van der Waals surface area contributed by atoms with Crippen molar-refractivity contribution in [1.29, 1.82) is 0 Å². The highest BCUT2D eigenvalue weighted by Crippen LogP contribution is 2.08. The molecule has 0 aliphatic carbocycles. The Labute approximate surface area is 129 Å². The molecule has 7 heteroatoms. The van der Waals surface area contributed by atoms with Gasteiger partial charge < -0.3 is 5.32 Å². The highest BCUT2D eigenvalue weighted by molar-refractivity contribution is 7.88. The normalized spacial score (nSPS) is 11.1. The van der Waals surface area contributed by atoms with Crippen LogP contribution >= 0.6 is 0 Å². The Hall–Kier alpha value is -2.25. The minimum Gasteiger partial charge on any atom is -0.307 e. The van der Waals surface area contributed by atoms with E-state index in [1.165, 1.54) is 0 Å². The third-order valence-corrected chi connectivity index (χ3v) is 3.63. The van der Waals surface area contributed by atoms with E-state index >= 15 is 0 Å². The van der Waals surface area contributed by atoms with Gasteiger partial charge in [0.05, 0.1) is 6.26 Å². The molecule has 0 fully saturated rings. The number of pyridine rings is 1. The molecule has 1 heterocycles. The van der Waals surface area contributed by atoms with Crippen LogP contribution in [0.4, 0.5) is 5.82 Å². The maximum absolute atomic E-state index is 12.0. The molecule has 22 heavy (non-hydrogen) atoms. The largest absolute Gasteiger partial charge is 0.307 e. The van der Waals surface area contributed by atoms with Gasteiger partial charge in [-0.25, -0.2) is 18.1 Å². The molecule has 0 unspecified atom stereocenters. The van der Waals surface area contributed by atoms with Gasteiger partial charge in [0.25, 0.3) is 5.91 Å². The molecule has 1 amide bonds. The fraction of sp³-hybridized carbons (Fsp3) is 0.200. The van der Waals surface area contributed by atoms with Gasteiger partial charge in [-0.05, 0) is 36.2 Å². The number of anilines is 1. The Morgan fingerprint density at radius 3 is 2.45 bits per heavy atom. The maximum atomic E-state index is 12.0. The number of carbonyl (C=O) groups is 1. The van der Waals surface area contributed by atoms with Crippen LogP contribution in [0.3, 0.4) is 0 Å². The zero-order valence-electron chi connectivity index (χ0n) is 12.1. The van der Waals surface area contributed by atoms with Crippen LogP contribution in [0.5, 0.6) is 0 Å². The first-order valence-electron chi connectivity index (χ1n) is 6.70. The van der Waals surface area contributed by atoms with Gasteiger partial charge in [-0.3, -0.25) is 4.79 Å². The second kappa shape index (κ2) is 7.15. The monoisotopic (exact) mass is 319 g/mol. The van der Waals surface area contributed by atoms with Crippen LogP contribution in [0.25, 0.3) is 0 Å². The lowest BCUT2D eigenvalue weighted by Crippen LogP contribution is -2.24.